The number of hydrogen-bond donors (Lipinski definition) is 3. The summed E-state index contributed by atoms with van der Waals surface area (Å²) in [6.45, 7) is 5.35. The smallest absolute Gasteiger partial charge is 0.224 e. The number of piperidine rings is 1. The molecule has 0 atom stereocenters. The Balaban J connectivity index is 1.50. The van der Waals surface area contributed by atoms with Crippen LogP contribution < -0.4 is 16.0 Å². The Morgan fingerprint density at radius 3 is 2.60 bits per heavy atom. The Morgan fingerprint density at radius 1 is 1.08 bits per heavy atom. The number of aromatic nitrogens is 2. The second-order valence-electron chi connectivity index (χ2n) is 7.77. The van der Waals surface area contributed by atoms with Gasteiger partial charge in [-0.05, 0) is 78.2 Å². The molecular weight excluding hydrogens is 312 g/mol. The lowest BCUT2D eigenvalue weighted by molar-refractivity contribution is 0.361. The summed E-state index contributed by atoms with van der Waals surface area (Å²) in [6.07, 6.45) is 7.48. The molecule has 1 aromatic heterocycles. The van der Waals surface area contributed by atoms with Crippen molar-refractivity contribution in [2.75, 3.05) is 57.5 Å². The Hall–Kier alpha value is -1.40. The highest BCUT2D eigenvalue weighted by molar-refractivity contribution is 5.44. The predicted molar refractivity (Wildman–Crippen MR) is 104 cm³/mol. The van der Waals surface area contributed by atoms with E-state index >= 15 is 0 Å². The number of nitrogens with one attached hydrogen (secondary N) is 3. The summed E-state index contributed by atoms with van der Waals surface area (Å²) in [5.74, 6) is 3.27. The molecule has 3 rings (SSSR count). The fourth-order valence-corrected chi connectivity index (χ4v) is 3.39. The van der Waals surface area contributed by atoms with Gasteiger partial charge >= 0.3 is 0 Å². The number of hydrogen-bond acceptors (Lipinski definition) is 6. The van der Waals surface area contributed by atoms with Crippen molar-refractivity contribution in [3.05, 3.63) is 11.8 Å². The first-order valence-corrected chi connectivity index (χ1v) is 9.93. The van der Waals surface area contributed by atoms with Crippen molar-refractivity contribution in [2.45, 2.75) is 44.4 Å². The standard InChI is InChI=1S/C19H34N6/c1-25(2)13-3-9-22-19-23-17(16-4-5-16)14-18(24-19)21-12-8-15-6-10-20-11-7-15/h14-16,20H,3-13H2,1-2H3,(H2,21,22,23,24). The van der Waals surface area contributed by atoms with Crippen LogP contribution in [0.3, 0.4) is 0 Å². The van der Waals surface area contributed by atoms with Crippen molar-refractivity contribution in [3.8, 4) is 0 Å². The highest BCUT2D eigenvalue weighted by Gasteiger charge is 2.26. The van der Waals surface area contributed by atoms with Gasteiger partial charge in [0.25, 0.3) is 0 Å². The van der Waals surface area contributed by atoms with Gasteiger partial charge in [-0.2, -0.15) is 4.98 Å². The fraction of sp³-hybridized carbons (Fsp3) is 0.789. The molecule has 140 valence electrons. The van der Waals surface area contributed by atoms with E-state index < -0.39 is 0 Å². The van der Waals surface area contributed by atoms with Gasteiger partial charge in [-0.1, -0.05) is 0 Å². The van der Waals surface area contributed by atoms with Gasteiger partial charge in [0.2, 0.25) is 5.95 Å². The van der Waals surface area contributed by atoms with Crippen LogP contribution in [0.15, 0.2) is 6.07 Å². The Bertz CT molecular complexity index is 523. The van der Waals surface area contributed by atoms with E-state index in [1.807, 2.05) is 0 Å². The second kappa shape index (κ2) is 9.34. The van der Waals surface area contributed by atoms with Crippen molar-refractivity contribution in [2.24, 2.45) is 5.92 Å². The second-order valence-corrected chi connectivity index (χ2v) is 7.77. The maximum Gasteiger partial charge on any atom is 0.224 e. The highest BCUT2D eigenvalue weighted by Crippen LogP contribution is 2.39. The molecule has 2 heterocycles. The third-order valence-corrected chi connectivity index (χ3v) is 5.12. The molecule has 1 aliphatic heterocycles. The molecule has 0 unspecified atom stereocenters. The molecule has 6 nitrogen and oxygen atoms in total. The molecule has 2 fully saturated rings. The largest absolute Gasteiger partial charge is 0.370 e. The minimum Gasteiger partial charge on any atom is -0.370 e. The molecule has 0 spiro atoms. The van der Waals surface area contributed by atoms with E-state index in [2.05, 4.69) is 46.0 Å². The first kappa shape index (κ1) is 18.4. The van der Waals surface area contributed by atoms with E-state index in [0.29, 0.717) is 5.92 Å². The summed E-state index contributed by atoms with van der Waals surface area (Å²) in [6, 6.07) is 2.16. The lowest BCUT2D eigenvalue weighted by Gasteiger charge is -2.22. The van der Waals surface area contributed by atoms with E-state index in [1.165, 1.54) is 50.9 Å². The van der Waals surface area contributed by atoms with Gasteiger partial charge in [-0.15, -0.1) is 0 Å². The monoisotopic (exact) mass is 346 g/mol. The molecule has 2 aliphatic rings. The zero-order chi connectivity index (χ0) is 17.5. The third-order valence-electron chi connectivity index (χ3n) is 5.12. The van der Waals surface area contributed by atoms with Crippen LogP contribution >= 0.6 is 0 Å². The van der Waals surface area contributed by atoms with Crippen molar-refractivity contribution in [1.29, 1.82) is 0 Å². The Morgan fingerprint density at radius 2 is 1.88 bits per heavy atom. The van der Waals surface area contributed by atoms with E-state index in [-0.39, 0.29) is 0 Å². The average molecular weight is 347 g/mol. The van der Waals surface area contributed by atoms with Crippen molar-refractivity contribution < 1.29 is 0 Å². The Labute approximate surface area is 152 Å². The molecule has 3 N–H and O–H groups in total. The summed E-state index contributed by atoms with van der Waals surface area (Å²) in [5, 5.41) is 10.4. The quantitative estimate of drug-likeness (QED) is 0.566. The summed E-state index contributed by atoms with van der Waals surface area (Å²) in [5.41, 5.74) is 1.20. The average Bonchev–Trinajstić information content (AvgIpc) is 3.45. The lowest BCUT2D eigenvalue weighted by atomic mass is 9.95. The first-order chi connectivity index (χ1) is 12.2. The van der Waals surface area contributed by atoms with Crippen LogP contribution in [0.4, 0.5) is 11.8 Å². The van der Waals surface area contributed by atoms with Gasteiger partial charge in [0.1, 0.15) is 5.82 Å². The maximum atomic E-state index is 4.73. The molecule has 1 saturated heterocycles. The van der Waals surface area contributed by atoms with Crippen LogP contribution in [0.25, 0.3) is 0 Å². The molecule has 0 amide bonds. The van der Waals surface area contributed by atoms with Gasteiger partial charge in [-0.3, -0.25) is 0 Å². The normalized spacial score (nSPS) is 18.5. The van der Waals surface area contributed by atoms with Crippen molar-refractivity contribution in [1.82, 2.24) is 20.2 Å². The number of anilines is 2. The van der Waals surface area contributed by atoms with Gasteiger partial charge in [0, 0.05) is 25.1 Å². The highest BCUT2D eigenvalue weighted by atomic mass is 15.1. The van der Waals surface area contributed by atoms with Crippen LogP contribution in [0.2, 0.25) is 0 Å². The van der Waals surface area contributed by atoms with E-state index in [0.717, 1.165) is 43.7 Å². The minimum atomic E-state index is 0.648. The molecular formula is C19H34N6. The molecule has 0 radical (unpaired) electrons. The van der Waals surface area contributed by atoms with Crippen LogP contribution in [-0.4, -0.2) is 61.7 Å². The number of nitrogens with zero attached hydrogens (tertiary/aromatic N) is 3. The fourth-order valence-electron chi connectivity index (χ4n) is 3.39. The molecule has 1 saturated carbocycles. The van der Waals surface area contributed by atoms with Gasteiger partial charge in [0.05, 0.1) is 5.69 Å². The predicted octanol–water partition coefficient (Wildman–Crippen LogP) is 2.52. The third kappa shape index (κ3) is 6.44. The molecule has 0 bridgehead atoms. The van der Waals surface area contributed by atoms with Crippen LogP contribution in [0, 0.1) is 5.92 Å². The zero-order valence-corrected chi connectivity index (χ0v) is 15.9. The maximum absolute atomic E-state index is 4.73. The zero-order valence-electron chi connectivity index (χ0n) is 15.9. The number of rotatable bonds is 10. The lowest BCUT2D eigenvalue weighted by Crippen LogP contribution is -2.28. The van der Waals surface area contributed by atoms with Crippen molar-refractivity contribution in [3.63, 3.8) is 0 Å². The first-order valence-electron chi connectivity index (χ1n) is 9.93. The molecule has 6 heteroatoms. The van der Waals surface area contributed by atoms with Gasteiger partial charge in [0.15, 0.2) is 0 Å². The van der Waals surface area contributed by atoms with Crippen LogP contribution in [-0.2, 0) is 0 Å². The topological polar surface area (TPSA) is 65.1 Å². The van der Waals surface area contributed by atoms with Gasteiger partial charge in [-0.25, -0.2) is 4.98 Å². The summed E-state index contributed by atoms with van der Waals surface area (Å²) < 4.78 is 0. The van der Waals surface area contributed by atoms with Crippen LogP contribution in [0.5, 0.6) is 0 Å². The van der Waals surface area contributed by atoms with Crippen molar-refractivity contribution >= 4 is 11.8 Å². The molecule has 1 aliphatic carbocycles. The molecule has 0 aromatic carbocycles. The molecule has 25 heavy (non-hydrogen) atoms. The summed E-state index contributed by atoms with van der Waals surface area (Å²) >= 11 is 0. The van der Waals surface area contributed by atoms with Crippen LogP contribution in [0.1, 0.15) is 50.1 Å². The summed E-state index contributed by atoms with van der Waals surface area (Å²) in [4.78, 5) is 11.6. The minimum absolute atomic E-state index is 0.648. The summed E-state index contributed by atoms with van der Waals surface area (Å²) in [7, 11) is 4.21. The Kier molecular flexibility index (Phi) is 6.87. The van der Waals surface area contributed by atoms with E-state index in [4.69, 9.17) is 4.98 Å². The van der Waals surface area contributed by atoms with E-state index in [1.54, 1.807) is 0 Å². The van der Waals surface area contributed by atoms with Gasteiger partial charge < -0.3 is 20.9 Å². The molecule has 1 aromatic rings. The van der Waals surface area contributed by atoms with E-state index in [9.17, 15) is 0 Å². The SMILES string of the molecule is CN(C)CCCNc1nc(NCCC2CCNCC2)cc(C2CC2)n1.